The molecule has 1 aliphatic rings. The molecule has 0 fully saturated rings. The number of rotatable bonds is 1. The van der Waals surface area contributed by atoms with E-state index in [0.29, 0.717) is 6.04 Å². The minimum atomic E-state index is 0. The lowest BCUT2D eigenvalue weighted by Gasteiger charge is -2.22. The van der Waals surface area contributed by atoms with Crippen molar-refractivity contribution in [3.63, 3.8) is 0 Å². The van der Waals surface area contributed by atoms with Crippen LogP contribution in [0.15, 0.2) is 18.2 Å². The van der Waals surface area contributed by atoms with Crippen molar-refractivity contribution in [2.75, 3.05) is 6.54 Å². The van der Waals surface area contributed by atoms with Gasteiger partial charge in [0.05, 0.1) is 0 Å². The maximum Gasteiger partial charge on any atom is 0.0473 e. The van der Waals surface area contributed by atoms with Crippen molar-refractivity contribution in [2.24, 2.45) is 0 Å². The molecule has 4 heteroatoms. The van der Waals surface area contributed by atoms with Gasteiger partial charge in [-0.15, -0.1) is 12.4 Å². The van der Waals surface area contributed by atoms with Gasteiger partial charge in [0.2, 0.25) is 0 Å². The van der Waals surface area contributed by atoms with Gasteiger partial charge < -0.3 is 10.3 Å². The monoisotopic (exact) mass is 270 g/mol. The fraction of sp³-hybridized carbons (Fsp3) is 0.385. The van der Waals surface area contributed by atoms with Gasteiger partial charge in [0, 0.05) is 27.7 Å². The van der Waals surface area contributed by atoms with Crippen LogP contribution in [0.2, 0.25) is 5.02 Å². The van der Waals surface area contributed by atoms with Crippen LogP contribution in [0.1, 0.15) is 30.6 Å². The number of H-pyrrole nitrogens is 1. The van der Waals surface area contributed by atoms with Crippen LogP contribution in [0.4, 0.5) is 0 Å². The molecule has 3 rings (SSSR count). The average Bonchev–Trinajstić information content (AvgIpc) is 2.67. The highest BCUT2D eigenvalue weighted by atomic mass is 35.5. The van der Waals surface area contributed by atoms with Crippen molar-refractivity contribution in [1.29, 1.82) is 0 Å². The summed E-state index contributed by atoms with van der Waals surface area (Å²) in [7, 11) is 0. The maximum absolute atomic E-state index is 6.06. The molecule has 1 aromatic heterocycles. The largest absolute Gasteiger partial charge is 0.357 e. The molecule has 2 heterocycles. The first-order valence-electron chi connectivity index (χ1n) is 5.83. The number of halogens is 2. The Kier molecular flexibility index (Phi) is 3.67. The molecule has 0 saturated heterocycles. The SMILES string of the molecule is CCC1NCCc2c1[nH]c1ccc(Cl)cc21.Cl. The van der Waals surface area contributed by atoms with Gasteiger partial charge in [0.25, 0.3) is 0 Å². The van der Waals surface area contributed by atoms with Crippen LogP contribution in [-0.2, 0) is 6.42 Å². The van der Waals surface area contributed by atoms with Gasteiger partial charge in [-0.3, -0.25) is 0 Å². The van der Waals surface area contributed by atoms with Crippen molar-refractivity contribution in [2.45, 2.75) is 25.8 Å². The Morgan fingerprint density at radius 3 is 3.00 bits per heavy atom. The molecule has 0 aliphatic carbocycles. The maximum atomic E-state index is 6.06. The summed E-state index contributed by atoms with van der Waals surface area (Å²) in [6, 6.07) is 6.56. The predicted octanol–water partition coefficient (Wildman–Crippen LogP) is 3.84. The van der Waals surface area contributed by atoms with E-state index in [1.165, 1.54) is 22.2 Å². The molecule has 0 spiro atoms. The van der Waals surface area contributed by atoms with Crippen LogP contribution in [0, 0.1) is 0 Å². The summed E-state index contributed by atoms with van der Waals surface area (Å²) in [5.41, 5.74) is 4.01. The van der Waals surface area contributed by atoms with E-state index in [4.69, 9.17) is 11.6 Å². The number of aromatic amines is 1. The van der Waals surface area contributed by atoms with Crippen LogP contribution in [0.25, 0.3) is 10.9 Å². The van der Waals surface area contributed by atoms with Crippen LogP contribution in [0.3, 0.4) is 0 Å². The molecule has 2 N–H and O–H groups in total. The van der Waals surface area contributed by atoms with Gasteiger partial charge in [0.15, 0.2) is 0 Å². The second-order valence-corrected chi connectivity index (χ2v) is 4.81. The molecule has 0 amide bonds. The normalized spacial score (nSPS) is 18.8. The fourth-order valence-corrected chi connectivity index (χ4v) is 2.80. The highest BCUT2D eigenvalue weighted by Crippen LogP contribution is 2.32. The van der Waals surface area contributed by atoms with E-state index in [-0.39, 0.29) is 12.4 Å². The first-order chi connectivity index (χ1) is 7.79. The Balaban J connectivity index is 0.00000108. The van der Waals surface area contributed by atoms with Crippen molar-refractivity contribution < 1.29 is 0 Å². The molecule has 2 aromatic rings. The topological polar surface area (TPSA) is 27.8 Å². The highest BCUT2D eigenvalue weighted by Gasteiger charge is 2.22. The summed E-state index contributed by atoms with van der Waals surface area (Å²) in [5, 5.41) is 5.65. The summed E-state index contributed by atoms with van der Waals surface area (Å²) < 4.78 is 0. The van der Waals surface area contributed by atoms with Crippen molar-refractivity contribution in [3.8, 4) is 0 Å². The molecule has 1 aromatic carbocycles. The first-order valence-corrected chi connectivity index (χ1v) is 6.20. The summed E-state index contributed by atoms with van der Waals surface area (Å²) in [4.78, 5) is 3.52. The molecule has 0 bridgehead atoms. The quantitative estimate of drug-likeness (QED) is 0.810. The van der Waals surface area contributed by atoms with Gasteiger partial charge in [-0.1, -0.05) is 18.5 Å². The molecule has 0 radical (unpaired) electrons. The zero-order valence-corrected chi connectivity index (χ0v) is 11.3. The van der Waals surface area contributed by atoms with Gasteiger partial charge in [-0.2, -0.15) is 0 Å². The summed E-state index contributed by atoms with van der Waals surface area (Å²) in [5.74, 6) is 0. The molecular formula is C13H16Cl2N2. The van der Waals surface area contributed by atoms with Crippen LogP contribution >= 0.6 is 24.0 Å². The minimum absolute atomic E-state index is 0. The lowest BCUT2D eigenvalue weighted by Crippen LogP contribution is -2.29. The van der Waals surface area contributed by atoms with Gasteiger partial charge in [-0.25, -0.2) is 0 Å². The smallest absolute Gasteiger partial charge is 0.0473 e. The Hall–Kier alpha value is -0.700. The van der Waals surface area contributed by atoms with Gasteiger partial charge in [0.1, 0.15) is 0 Å². The fourth-order valence-electron chi connectivity index (χ4n) is 2.63. The van der Waals surface area contributed by atoms with Crippen molar-refractivity contribution in [3.05, 3.63) is 34.5 Å². The molecular weight excluding hydrogens is 255 g/mol. The summed E-state index contributed by atoms with van der Waals surface area (Å²) in [6.45, 7) is 3.27. The van der Waals surface area contributed by atoms with E-state index in [9.17, 15) is 0 Å². The Bertz CT molecular complexity index is 533. The van der Waals surface area contributed by atoms with Crippen LogP contribution in [0.5, 0.6) is 0 Å². The number of hydrogen-bond donors (Lipinski definition) is 2. The standard InChI is InChI=1S/C13H15ClN2.ClH/c1-2-11-13-9(5-6-15-11)10-7-8(14)3-4-12(10)16-13;/h3-4,7,11,15-16H,2,5-6H2,1H3;1H. The third-order valence-corrected chi connectivity index (χ3v) is 3.66. The molecule has 17 heavy (non-hydrogen) atoms. The number of benzene rings is 1. The van der Waals surface area contributed by atoms with Crippen molar-refractivity contribution >= 4 is 34.9 Å². The average molecular weight is 271 g/mol. The van der Waals surface area contributed by atoms with E-state index in [0.717, 1.165) is 24.4 Å². The zero-order chi connectivity index (χ0) is 11.1. The van der Waals surface area contributed by atoms with E-state index in [1.54, 1.807) is 0 Å². The lowest BCUT2D eigenvalue weighted by molar-refractivity contribution is 0.485. The number of hydrogen-bond acceptors (Lipinski definition) is 1. The van der Waals surface area contributed by atoms with E-state index < -0.39 is 0 Å². The Labute approximate surface area is 112 Å². The number of aromatic nitrogens is 1. The summed E-state index contributed by atoms with van der Waals surface area (Å²) >= 11 is 6.06. The van der Waals surface area contributed by atoms with E-state index in [1.807, 2.05) is 6.07 Å². The van der Waals surface area contributed by atoms with Crippen LogP contribution in [-0.4, -0.2) is 11.5 Å². The van der Waals surface area contributed by atoms with Gasteiger partial charge >= 0.3 is 0 Å². The zero-order valence-electron chi connectivity index (χ0n) is 9.72. The summed E-state index contributed by atoms with van der Waals surface area (Å²) in [6.07, 6.45) is 2.21. The molecule has 1 aliphatic heterocycles. The van der Waals surface area contributed by atoms with E-state index >= 15 is 0 Å². The predicted molar refractivity (Wildman–Crippen MR) is 75.3 cm³/mol. The molecule has 92 valence electrons. The second kappa shape index (κ2) is 4.89. The molecule has 2 nitrogen and oxygen atoms in total. The first kappa shape index (κ1) is 12.7. The highest BCUT2D eigenvalue weighted by molar-refractivity contribution is 6.31. The Morgan fingerprint density at radius 1 is 1.41 bits per heavy atom. The molecule has 1 unspecified atom stereocenters. The second-order valence-electron chi connectivity index (χ2n) is 4.37. The van der Waals surface area contributed by atoms with Crippen molar-refractivity contribution in [1.82, 2.24) is 10.3 Å². The third-order valence-electron chi connectivity index (χ3n) is 3.42. The number of nitrogens with one attached hydrogen (secondary N) is 2. The molecule has 1 atom stereocenters. The Morgan fingerprint density at radius 2 is 2.24 bits per heavy atom. The number of fused-ring (bicyclic) bond motifs is 3. The van der Waals surface area contributed by atoms with Gasteiger partial charge in [-0.05, 0) is 43.1 Å². The van der Waals surface area contributed by atoms with E-state index in [2.05, 4.69) is 29.4 Å². The van der Waals surface area contributed by atoms with Crippen LogP contribution < -0.4 is 5.32 Å². The lowest BCUT2D eigenvalue weighted by atomic mass is 9.98. The third kappa shape index (κ3) is 2.05. The molecule has 0 saturated carbocycles. The minimum Gasteiger partial charge on any atom is -0.357 e.